The minimum Gasteiger partial charge on any atom is -0.297 e. The zero-order chi connectivity index (χ0) is 14.9. The summed E-state index contributed by atoms with van der Waals surface area (Å²) in [5, 5.41) is 4.50. The van der Waals surface area contributed by atoms with Crippen LogP contribution in [0.15, 0.2) is 42.0 Å². The van der Waals surface area contributed by atoms with Gasteiger partial charge in [-0.1, -0.05) is 55.6 Å². The summed E-state index contributed by atoms with van der Waals surface area (Å²) < 4.78 is 2.07. The molecule has 0 fully saturated rings. The number of aromatic nitrogens is 2. The lowest BCUT2D eigenvalue weighted by Gasteiger charge is -2.30. The van der Waals surface area contributed by atoms with Crippen LogP contribution in [-0.4, -0.2) is 20.0 Å². The number of fused-ring (bicyclic) bond motifs is 1. The molecule has 0 spiro atoms. The summed E-state index contributed by atoms with van der Waals surface area (Å²) in [7, 11) is 0. The first-order valence-corrected chi connectivity index (χ1v) is 9.96. The first-order valence-electron chi connectivity index (χ1n) is 6.46. The summed E-state index contributed by atoms with van der Waals surface area (Å²) in [6, 6.07) is 8.09. The molecule has 0 atom stereocenters. The molecule has 0 bridgehead atoms. The van der Waals surface area contributed by atoms with Crippen molar-refractivity contribution in [3.63, 3.8) is 0 Å². The highest BCUT2D eigenvalue weighted by Gasteiger charge is 2.31. The van der Waals surface area contributed by atoms with Gasteiger partial charge in [-0.15, -0.1) is 11.3 Å². The number of benzene rings is 1. The highest BCUT2D eigenvalue weighted by molar-refractivity contribution is 9.09. The maximum absolute atomic E-state index is 6.17. The Kier molecular flexibility index (Phi) is 4.74. The fourth-order valence-corrected chi connectivity index (χ4v) is 5.29. The highest BCUT2D eigenvalue weighted by Crippen LogP contribution is 2.34. The van der Waals surface area contributed by atoms with Gasteiger partial charge in [-0.2, -0.15) is 0 Å². The molecule has 3 aromatic rings. The van der Waals surface area contributed by atoms with E-state index in [0.717, 1.165) is 32.8 Å². The second kappa shape index (κ2) is 6.41. The molecule has 3 rings (SSSR count). The minimum absolute atomic E-state index is 0.0606. The third kappa shape index (κ3) is 3.07. The number of rotatable bonds is 5. The van der Waals surface area contributed by atoms with Gasteiger partial charge in [0.1, 0.15) is 0 Å². The second-order valence-corrected chi connectivity index (χ2v) is 7.49. The molecule has 0 aliphatic carbocycles. The summed E-state index contributed by atoms with van der Waals surface area (Å²) in [4.78, 5) is 5.74. The predicted octanol–water partition coefficient (Wildman–Crippen LogP) is 5.32. The molecule has 2 heterocycles. The number of thiazole rings is 1. The van der Waals surface area contributed by atoms with Crippen molar-refractivity contribution < 1.29 is 0 Å². The molecule has 0 N–H and O–H groups in total. The van der Waals surface area contributed by atoms with E-state index in [2.05, 4.69) is 48.5 Å². The second-order valence-electron chi connectivity index (χ2n) is 5.06. The molecule has 110 valence electrons. The van der Waals surface area contributed by atoms with E-state index in [1.807, 2.05) is 29.8 Å². The number of halogens is 3. The van der Waals surface area contributed by atoms with Gasteiger partial charge in [-0.05, 0) is 17.7 Å². The molecule has 2 aromatic heterocycles. The van der Waals surface area contributed by atoms with Crippen molar-refractivity contribution in [3.05, 3.63) is 58.3 Å². The number of nitrogens with zero attached hydrogens (tertiary/aromatic N) is 2. The minimum atomic E-state index is -0.0606. The van der Waals surface area contributed by atoms with Crippen LogP contribution < -0.4 is 0 Å². The van der Waals surface area contributed by atoms with E-state index in [0.29, 0.717) is 0 Å². The van der Waals surface area contributed by atoms with Gasteiger partial charge in [0, 0.05) is 45.3 Å². The van der Waals surface area contributed by atoms with Crippen molar-refractivity contribution in [3.8, 4) is 0 Å². The van der Waals surface area contributed by atoms with Gasteiger partial charge in [-0.3, -0.25) is 4.40 Å². The molecule has 0 radical (unpaired) electrons. The zero-order valence-corrected chi connectivity index (χ0v) is 15.8. The maximum Gasteiger partial charge on any atom is 0.193 e. The van der Waals surface area contributed by atoms with Gasteiger partial charge in [0.15, 0.2) is 4.96 Å². The Morgan fingerprint density at radius 3 is 2.76 bits per heavy atom. The van der Waals surface area contributed by atoms with Crippen LogP contribution in [0.3, 0.4) is 0 Å². The molecule has 1 aromatic carbocycles. The van der Waals surface area contributed by atoms with Gasteiger partial charge in [0.25, 0.3) is 0 Å². The first kappa shape index (κ1) is 15.5. The number of hydrogen-bond acceptors (Lipinski definition) is 2. The maximum atomic E-state index is 6.17. The van der Waals surface area contributed by atoms with E-state index >= 15 is 0 Å². The molecule has 0 aliphatic heterocycles. The van der Waals surface area contributed by atoms with Crippen LogP contribution in [0, 0.1) is 0 Å². The topological polar surface area (TPSA) is 17.3 Å². The molecular formula is C15H13Br2ClN2S. The molecule has 21 heavy (non-hydrogen) atoms. The Bertz CT molecular complexity index is 720. The average Bonchev–Trinajstić information content (AvgIpc) is 3.06. The van der Waals surface area contributed by atoms with E-state index in [9.17, 15) is 0 Å². The fourth-order valence-electron chi connectivity index (χ4n) is 2.41. The summed E-state index contributed by atoms with van der Waals surface area (Å²) in [6.45, 7) is 0. The van der Waals surface area contributed by atoms with Gasteiger partial charge in [0.05, 0.1) is 5.69 Å². The smallest absolute Gasteiger partial charge is 0.193 e. The standard InChI is InChI=1S/C15H13Br2ClN2S/c16-9-15(10-17,11-2-1-3-12(18)6-11)7-13-8-20-4-5-21-14(20)19-13/h1-6,8H,7,9-10H2. The first-order chi connectivity index (χ1) is 10.2. The molecule has 0 saturated carbocycles. The third-order valence-corrected chi connectivity index (χ3v) is 6.76. The number of imidazole rings is 1. The van der Waals surface area contributed by atoms with E-state index in [1.54, 1.807) is 11.3 Å². The van der Waals surface area contributed by atoms with Crippen molar-refractivity contribution in [2.75, 3.05) is 10.7 Å². The molecule has 0 amide bonds. The molecule has 0 unspecified atom stereocenters. The van der Waals surface area contributed by atoms with Crippen LogP contribution in [-0.2, 0) is 11.8 Å². The summed E-state index contributed by atoms with van der Waals surface area (Å²) in [5.41, 5.74) is 2.26. The Morgan fingerprint density at radius 1 is 1.29 bits per heavy atom. The lowest BCUT2D eigenvalue weighted by atomic mass is 9.80. The lowest BCUT2D eigenvalue weighted by Crippen LogP contribution is -2.33. The monoisotopic (exact) mass is 446 g/mol. The van der Waals surface area contributed by atoms with Gasteiger partial charge >= 0.3 is 0 Å². The van der Waals surface area contributed by atoms with Crippen LogP contribution in [0.5, 0.6) is 0 Å². The van der Waals surface area contributed by atoms with Crippen LogP contribution in [0.2, 0.25) is 5.02 Å². The Morgan fingerprint density at radius 2 is 2.10 bits per heavy atom. The van der Waals surface area contributed by atoms with E-state index in [1.165, 1.54) is 5.56 Å². The SMILES string of the molecule is Clc1cccc(C(CBr)(CBr)Cc2cn3ccsc3n2)c1. The summed E-state index contributed by atoms with van der Waals surface area (Å²) in [6.07, 6.45) is 5.01. The van der Waals surface area contributed by atoms with E-state index in [-0.39, 0.29) is 5.41 Å². The molecule has 0 aliphatic rings. The van der Waals surface area contributed by atoms with Crippen LogP contribution >= 0.6 is 54.8 Å². The zero-order valence-electron chi connectivity index (χ0n) is 11.1. The Hall–Kier alpha value is -0.360. The van der Waals surface area contributed by atoms with E-state index in [4.69, 9.17) is 16.6 Å². The number of alkyl halides is 2. The molecule has 0 saturated heterocycles. The van der Waals surface area contributed by atoms with Gasteiger partial charge < -0.3 is 0 Å². The van der Waals surface area contributed by atoms with Crippen molar-refractivity contribution in [1.29, 1.82) is 0 Å². The third-order valence-electron chi connectivity index (χ3n) is 3.61. The van der Waals surface area contributed by atoms with Crippen LogP contribution in [0.1, 0.15) is 11.3 Å². The number of hydrogen-bond donors (Lipinski definition) is 0. The lowest BCUT2D eigenvalue weighted by molar-refractivity contribution is 0.545. The Labute approximate surface area is 149 Å². The van der Waals surface area contributed by atoms with Crippen molar-refractivity contribution >= 4 is 59.8 Å². The average molecular weight is 449 g/mol. The van der Waals surface area contributed by atoms with Crippen molar-refractivity contribution in [1.82, 2.24) is 9.38 Å². The van der Waals surface area contributed by atoms with Crippen LogP contribution in [0.25, 0.3) is 4.96 Å². The summed E-state index contributed by atoms with van der Waals surface area (Å²) >= 11 is 15.2. The van der Waals surface area contributed by atoms with E-state index < -0.39 is 0 Å². The predicted molar refractivity (Wildman–Crippen MR) is 97.5 cm³/mol. The molecular weight excluding hydrogens is 436 g/mol. The van der Waals surface area contributed by atoms with Crippen molar-refractivity contribution in [2.24, 2.45) is 0 Å². The molecule has 2 nitrogen and oxygen atoms in total. The quantitative estimate of drug-likeness (QED) is 0.483. The van der Waals surface area contributed by atoms with Gasteiger partial charge in [0.2, 0.25) is 0 Å². The normalized spacial score (nSPS) is 12.1. The fraction of sp³-hybridized carbons (Fsp3) is 0.267. The van der Waals surface area contributed by atoms with Crippen LogP contribution in [0.4, 0.5) is 0 Å². The summed E-state index contributed by atoms with van der Waals surface area (Å²) in [5.74, 6) is 0. The Balaban J connectivity index is 1.98. The van der Waals surface area contributed by atoms with Crippen molar-refractivity contribution in [2.45, 2.75) is 11.8 Å². The highest BCUT2D eigenvalue weighted by atomic mass is 79.9. The molecule has 6 heteroatoms. The largest absolute Gasteiger partial charge is 0.297 e. The van der Waals surface area contributed by atoms with Gasteiger partial charge in [-0.25, -0.2) is 4.98 Å².